The summed E-state index contributed by atoms with van der Waals surface area (Å²) in [6.45, 7) is 3.81. The number of para-hydroxylation sites is 1. The zero-order valence-corrected chi connectivity index (χ0v) is 22.3. The van der Waals surface area contributed by atoms with E-state index in [1.807, 2.05) is 4.90 Å². The lowest BCUT2D eigenvalue weighted by Gasteiger charge is -2.29. The fraction of sp³-hybridized carbons (Fsp3) is 0.259. The van der Waals surface area contributed by atoms with Crippen molar-refractivity contribution in [1.29, 1.82) is 0 Å². The number of fused-ring (bicyclic) bond motifs is 1. The molecular formula is C27H24F4N4O4S. The lowest BCUT2D eigenvalue weighted by atomic mass is 10.0. The van der Waals surface area contributed by atoms with Gasteiger partial charge in [0.25, 0.3) is 0 Å². The van der Waals surface area contributed by atoms with Gasteiger partial charge in [0.05, 0.1) is 58.8 Å². The molecule has 0 bridgehead atoms. The second-order valence-corrected chi connectivity index (χ2v) is 11.2. The highest BCUT2D eigenvalue weighted by molar-refractivity contribution is 7.90. The number of hydrogen-bond donors (Lipinski definition) is 0. The standard InChI is InChI=1S/C27H24F4N4O4S/c1-17-25(22-14-20(39-27(28,29)30)7-8-24(22)40(2,36)37)33-23-6-4-3-5-21(23)26(17)35(31)19-13-18(15-32-16-19)34-9-11-38-12-10-34/h3-8,13-16H,9-12H2,1-2H3. The third kappa shape index (κ3) is 5.65. The number of halogens is 4. The van der Waals surface area contributed by atoms with E-state index in [1.54, 1.807) is 36.5 Å². The van der Waals surface area contributed by atoms with Crippen molar-refractivity contribution in [3.63, 3.8) is 0 Å². The number of nitrogens with zero attached hydrogens (tertiary/aromatic N) is 4. The van der Waals surface area contributed by atoms with Crippen molar-refractivity contribution in [1.82, 2.24) is 9.97 Å². The lowest BCUT2D eigenvalue weighted by Crippen LogP contribution is -2.36. The summed E-state index contributed by atoms with van der Waals surface area (Å²) in [5.41, 5.74) is 1.18. The Hall–Kier alpha value is -3.97. The molecule has 0 atom stereocenters. The molecule has 0 saturated carbocycles. The van der Waals surface area contributed by atoms with Gasteiger partial charge >= 0.3 is 6.36 Å². The highest BCUT2D eigenvalue weighted by atomic mass is 32.2. The van der Waals surface area contributed by atoms with Crippen molar-refractivity contribution in [2.45, 2.75) is 18.2 Å². The first kappa shape index (κ1) is 27.6. The van der Waals surface area contributed by atoms with Crippen molar-refractivity contribution >= 4 is 37.8 Å². The summed E-state index contributed by atoms with van der Waals surface area (Å²) >= 11 is 0. The molecule has 4 aromatic rings. The molecule has 40 heavy (non-hydrogen) atoms. The minimum absolute atomic E-state index is 0.0123. The second kappa shape index (κ2) is 10.5. The number of pyridine rings is 2. The molecule has 0 spiro atoms. The molecule has 1 saturated heterocycles. The van der Waals surface area contributed by atoms with Crippen LogP contribution in [0, 0.1) is 6.92 Å². The van der Waals surface area contributed by atoms with Crippen LogP contribution in [0.1, 0.15) is 5.56 Å². The van der Waals surface area contributed by atoms with Crippen LogP contribution in [0.15, 0.2) is 65.8 Å². The highest BCUT2D eigenvalue weighted by Crippen LogP contribution is 2.42. The van der Waals surface area contributed by atoms with Crippen molar-refractivity contribution < 1.29 is 35.5 Å². The van der Waals surface area contributed by atoms with E-state index in [9.17, 15) is 21.6 Å². The minimum Gasteiger partial charge on any atom is -0.406 e. The average molecular weight is 577 g/mol. The van der Waals surface area contributed by atoms with Gasteiger partial charge in [-0.3, -0.25) is 4.98 Å². The molecular weight excluding hydrogens is 552 g/mol. The molecule has 0 aliphatic carbocycles. The summed E-state index contributed by atoms with van der Waals surface area (Å²) in [4.78, 5) is 10.5. The fourth-order valence-electron chi connectivity index (χ4n) is 4.67. The third-order valence-corrected chi connectivity index (χ3v) is 7.60. The minimum atomic E-state index is -5.00. The van der Waals surface area contributed by atoms with Crippen molar-refractivity contribution in [3.8, 4) is 17.0 Å². The van der Waals surface area contributed by atoms with E-state index in [-0.39, 0.29) is 33.1 Å². The molecule has 0 amide bonds. The fourth-order valence-corrected chi connectivity index (χ4v) is 5.54. The van der Waals surface area contributed by atoms with E-state index >= 15 is 4.48 Å². The predicted octanol–water partition coefficient (Wildman–Crippen LogP) is 5.77. The van der Waals surface area contributed by atoms with Crippen LogP contribution in [-0.4, -0.2) is 57.3 Å². The van der Waals surface area contributed by atoms with Gasteiger partial charge in [-0.05, 0) is 37.3 Å². The maximum Gasteiger partial charge on any atom is 0.573 e. The topological polar surface area (TPSA) is 84.9 Å². The molecule has 2 aromatic carbocycles. The second-order valence-electron chi connectivity index (χ2n) is 9.21. The number of aromatic nitrogens is 2. The van der Waals surface area contributed by atoms with E-state index in [4.69, 9.17) is 4.74 Å². The number of hydrogen-bond acceptors (Lipinski definition) is 8. The Morgan fingerprint density at radius 3 is 2.48 bits per heavy atom. The number of morpholine rings is 1. The number of anilines is 3. The summed E-state index contributed by atoms with van der Waals surface area (Å²) in [7, 11) is -3.93. The Morgan fingerprint density at radius 2 is 1.77 bits per heavy atom. The quantitative estimate of drug-likeness (QED) is 0.212. The zero-order chi connectivity index (χ0) is 28.7. The van der Waals surface area contributed by atoms with Crippen molar-refractivity contribution in [2.24, 2.45) is 0 Å². The molecule has 1 fully saturated rings. The summed E-state index contributed by atoms with van der Waals surface area (Å²) in [6.07, 6.45) is -1.11. The third-order valence-electron chi connectivity index (χ3n) is 6.45. The number of sulfone groups is 1. The molecule has 13 heteroatoms. The van der Waals surface area contributed by atoms with Gasteiger partial charge in [0.2, 0.25) is 0 Å². The first-order valence-electron chi connectivity index (χ1n) is 12.2. The first-order chi connectivity index (χ1) is 18.9. The lowest BCUT2D eigenvalue weighted by molar-refractivity contribution is -0.274. The highest BCUT2D eigenvalue weighted by Gasteiger charge is 2.32. The number of ether oxygens (including phenoxy) is 2. The summed E-state index contributed by atoms with van der Waals surface area (Å²) in [6, 6.07) is 11.1. The molecule has 0 unspecified atom stereocenters. The SMILES string of the molecule is Cc1c(-c2cc(OC(F)(F)F)ccc2S(C)(=O)=O)nc2ccccc2c1N(F)c1cncc(N2CCOCC2)c1. The van der Waals surface area contributed by atoms with Crippen LogP contribution >= 0.6 is 0 Å². The van der Waals surface area contributed by atoms with Crippen LogP contribution in [0.3, 0.4) is 0 Å². The van der Waals surface area contributed by atoms with Gasteiger partial charge in [-0.15, -0.1) is 13.2 Å². The van der Waals surface area contributed by atoms with Gasteiger partial charge in [-0.2, -0.15) is 5.12 Å². The molecule has 1 aliphatic heterocycles. The molecule has 8 nitrogen and oxygen atoms in total. The maximum atomic E-state index is 16.4. The Kier molecular flexibility index (Phi) is 7.27. The molecule has 3 heterocycles. The van der Waals surface area contributed by atoms with E-state index in [0.29, 0.717) is 48.0 Å². The van der Waals surface area contributed by atoms with Gasteiger partial charge in [-0.25, -0.2) is 13.4 Å². The van der Waals surface area contributed by atoms with Gasteiger partial charge in [0.1, 0.15) is 5.75 Å². The number of benzene rings is 2. The molecule has 1 aliphatic rings. The van der Waals surface area contributed by atoms with Gasteiger partial charge < -0.3 is 14.4 Å². The van der Waals surface area contributed by atoms with Crippen LogP contribution in [0.5, 0.6) is 5.75 Å². The molecule has 5 rings (SSSR count). The van der Waals surface area contributed by atoms with Crippen LogP contribution in [-0.2, 0) is 14.6 Å². The van der Waals surface area contributed by atoms with E-state index in [1.165, 1.54) is 13.1 Å². The largest absolute Gasteiger partial charge is 0.573 e. The average Bonchev–Trinajstić information content (AvgIpc) is 2.91. The Balaban J connectivity index is 1.70. The maximum absolute atomic E-state index is 16.4. The first-order valence-corrected chi connectivity index (χ1v) is 14.0. The van der Waals surface area contributed by atoms with Gasteiger partial charge in [0, 0.05) is 35.9 Å². The van der Waals surface area contributed by atoms with Crippen LogP contribution in [0.4, 0.5) is 34.7 Å². The normalized spacial score (nSPS) is 14.4. The zero-order valence-electron chi connectivity index (χ0n) is 21.4. The van der Waals surface area contributed by atoms with Crippen LogP contribution < -0.4 is 14.8 Å². The van der Waals surface area contributed by atoms with E-state index < -0.39 is 21.9 Å². The van der Waals surface area contributed by atoms with Crippen molar-refractivity contribution in [2.75, 3.05) is 42.6 Å². The predicted molar refractivity (Wildman–Crippen MR) is 142 cm³/mol. The smallest absolute Gasteiger partial charge is 0.406 e. The van der Waals surface area contributed by atoms with E-state index in [0.717, 1.165) is 24.5 Å². The number of alkyl halides is 3. The van der Waals surface area contributed by atoms with Crippen molar-refractivity contribution in [3.05, 3.63) is 66.5 Å². The Labute approximate surface area is 227 Å². The monoisotopic (exact) mass is 576 g/mol. The summed E-state index contributed by atoms with van der Waals surface area (Å²) in [5.74, 6) is -0.634. The molecule has 0 radical (unpaired) electrons. The van der Waals surface area contributed by atoms with Crippen LogP contribution in [0.2, 0.25) is 0 Å². The Bertz CT molecular complexity index is 1680. The summed E-state index contributed by atoms with van der Waals surface area (Å²) < 4.78 is 90.0. The molecule has 210 valence electrons. The van der Waals surface area contributed by atoms with Crippen LogP contribution in [0.25, 0.3) is 22.2 Å². The Morgan fingerprint density at radius 1 is 1.05 bits per heavy atom. The molecule has 2 aromatic heterocycles. The van der Waals surface area contributed by atoms with Gasteiger partial charge in [0.15, 0.2) is 9.84 Å². The molecule has 0 N–H and O–H groups in total. The number of rotatable bonds is 6. The summed E-state index contributed by atoms with van der Waals surface area (Å²) in [5, 5.41) is 0.835. The van der Waals surface area contributed by atoms with E-state index in [2.05, 4.69) is 14.7 Å². The van der Waals surface area contributed by atoms with Gasteiger partial charge in [-0.1, -0.05) is 22.7 Å².